The summed E-state index contributed by atoms with van der Waals surface area (Å²) in [5, 5.41) is 0.301. The van der Waals surface area contributed by atoms with Crippen molar-refractivity contribution in [2.24, 2.45) is 5.92 Å². The predicted molar refractivity (Wildman–Crippen MR) is 95.0 cm³/mol. The van der Waals surface area contributed by atoms with Gasteiger partial charge in [-0.2, -0.15) is 0 Å². The second kappa shape index (κ2) is 8.18. The van der Waals surface area contributed by atoms with E-state index in [1.165, 1.54) is 12.3 Å². The van der Waals surface area contributed by atoms with Crippen LogP contribution in [0.3, 0.4) is 0 Å². The van der Waals surface area contributed by atoms with Crippen LogP contribution >= 0.6 is 11.6 Å². The molecule has 1 aromatic carbocycles. The number of benzene rings is 1. The lowest BCUT2D eigenvalue weighted by atomic mass is 9.89. The van der Waals surface area contributed by atoms with E-state index in [0.717, 1.165) is 0 Å². The Bertz CT molecular complexity index is 883. The minimum atomic E-state index is -1.31. The van der Waals surface area contributed by atoms with Gasteiger partial charge in [-0.05, 0) is 37.1 Å². The number of pyridine rings is 1. The third-order valence-corrected chi connectivity index (χ3v) is 4.34. The van der Waals surface area contributed by atoms with Crippen LogP contribution in [0.15, 0.2) is 36.5 Å². The van der Waals surface area contributed by atoms with Gasteiger partial charge in [-0.15, -0.1) is 0 Å². The van der Waals surface area contributed by atoms with Crippen LogP contribution in [0.4, 0.5) is 0 Å². The molecule has 0 bridgehead atoms. The number of Topliss-reactive ketones (excluding diaryl/α,β-unsaturated/α-hetero) is 2. The zero-order chi connectivity index (χ0) is 19.4. The van der Waals surface area contributed by atoms with Crippen molar-refractivity contribution < 1.29 is 28.6 Å². The Balaban J connectivity index is 1.94. The molecule has 0 radical (unpaired) electrons. The zero-order valence-electron chi connectivity index (χ0n) is 14.4. The first-order valence-electron chi connectivity index (χ1n) is 8.25. The minimum Gasteiger partial charge on any atom is -0.460 e. The molecule has 1 aliphatic rings. The maximum absolute atomic E-state index is 12.9. The lowest BCUT2D eigenvalue weighted by molar-refractivity contribution is -0.154. The SMILES string of the molecule is CCOC(=O)C(=O)C(Cc1cc2c(cc1Cl)OCO2)C(=O)c1ccccn1. The fraction of sp³-hybridized carbons (Fsp3) is 0.263. The highest BCUT2D eigenvalue weighted by Gasteiger charge is 2.35. The van der Waals surface area contributed by atoms with E-state index in [1.807, 2.05) is 0 Å². The first-order chi connectivity index (χ1) is 13.0. The van der Waals surface area contributed by atoms with Gasteiger partial charge in [0.1, 0.15) is 5.69 Å². The molecular weight excluding hydrogens is 374 g/mol. The van der Waals surface area contributed by atoms with Gasteiger partial charge in [-0.25, -0.2) is 4.79 Å². The van der Waals surface area contributed by atoms with Crippen molar-refractivity contribution in [3.05, 3.63) is 52.8 Å². The molecule has 0 amide bonds. The molecule has 7 nitrogen and oxygen atoms in total. The van der Waals surface area contributed by atoms with Crippen LogP contribution in [0.2, 0.25) is 5.02 Å². The number of ether oxygens (including phenoxy) is 3. The van der Waals surface area contributed by atoms with Crippen LogP contribution in [0, 0.1) is 5.92 Å². The normalized spacial score (nSPS) is 13.1. The zero-order valence-corrected chi connectivity index (χ0v) is 15.2. The second-order valence-corrected chi connectivity index (χ2v) is 6.12. The molecule has 3 rings (SSSR count). The standard InChI is InChI=1S/C19H16ClNO6/c1-2-25-19(24)18(23)12(17(22)14-5-3-4-6-21-14)7-11-8-15-16(9-13(11)20)27-10-26-15/h3-6,8-9,12H,2,7,10H2,1H3. The number of hydrogen-bond acceptors (Lipinski definition) is 7. The fourth-order valence-corrected chi connectivity index (χ4v) is 2.90. The number of esters is 1. The quantitative estimate of drug-likeness (QED) is 0.311. The van der Waals surface area contributed by atoms with E-state index in [9.17, 15) is 14.4 Å². The lowest BCUT2D eigenvalue weighted by Gasteiger charge is -2.15. The van der Waals surface area contributed by atoms with Crippen molar-refractivity contribution in [2.75, 3.05) is 13.4 Å². The Morgan fingerprint density at radius 2 is 1.96 bits per heavy atom. The van der Waals surface area contributed by atoms with Gasteiger partial charge in [-0.3, -0.25) is 14.6 Å². The molecule has 0 spiro atoms. The molecule has 1 aromatic heterocycles. The Morgan fingerprint density at radius 3 is 2.63 bits per heavy atom. The van der Waals surface area contributed by atoms with Crippen LogP contribution in [0.25, 0.3) is 0 Å². The highest BCUT2D eigenvalue weighted by molar-refractivity contribution is 6.39. The monoisotopic (exact) mass is 389 g/mol. The molecule has 0 fully saturated rings. The van der Waals surface area contributed by atoms with Gasteiger partial charge in [0.2, 0.25) is 6.79 Å². The molecular formula is C19H16ClNO6. The fourth-order valence-electron chi connectivity index (χ4n) is 2.67. The summed E-state index contributed by atoms with van der Waals surface area (Å²) < 4.78 is 15.3. The topological polar surface area (TPSA) is 91.8 Å². The average Bonchev–Trinajstić information content (AvgIpc) is 3.13. The molecule has 8 heteroatoms. The number of ketones is 2. The molecule has 27 heavy (non-hydrogen) atoms. The third kappa shape index (κ3) is 4.09. The van der Waals surface area contributed by atoms with Gasteiger partial charge in [-0.1, -0.05) is 17.7 Å². The van der Waals surface area contributed by atoms with Gasteiger partial charge in [0.25, 0.3) is 5.78 Å². The van der Waals surface area contributed by atoms with Crippen LogP contribution in [0.1, 0.15) is 23.0 Å². The van der Waals surface area contributed by atoms with Crippen LogP contribution < -0.4 is 9.47 Å². The molecule has 140 valence electrons. The number of halogens is 1. The van der Waals surface area contributed by atoms with Crippen molar-refractivity contribution in [1.82, 2.24) is 4.98 Å². The highest BCUT2D eigenvalue weighted by atomic mass is 35.5. The van der Waals surface area contributed by atoms with Crippen molar-refractivity contribution >= 4 is 29.1 Å². The van der Waals surface area contributed by atoms with Gasteiger partial charge >= 0.3 is 5.97 Å². The van der Waals surface area contributed by atoms with E-state index in [1.54, 1.807) is 31.2 Å². The third-order valence-electron chi connectivity index (χ3n) is 3.99. The lowest BCUT2D eigenvalue weighted by Crippen LogP contribution is -2.33. The van der Waals surface area contributed by atoms with Gasteiger partial charge in [0.05, 0.1) is 12.5 Å². The maximum Gasteiger partial charge on any atom is 0.375 e. The van der Waals surface area contributed by atoms with Crippen LogP contribution in [-0.2, 0) is 20.7 Å². The van der Waals surface area contributed by atoms with Crippen molar-refractivity contribution in [1.29, 1.82) is 0 Å². The van der Waals surface area contributed by atoms with Crippen molar-refractivity contribution in [2.45, 2.75) is 13.3 Å². The Hall–Kier alpha value is -2.93. The number of carbonyl (C=O) groups is 3. The first-order valence-corrected chi connectivity index (χ1v) is 8.63. The summed E-state index contributed by atoms with van der Waals surface area (Å²) in [7, 11) is 0. The minimum absolute atomic E-state index is 0.0276. The molecule has 2 aromatic rings. The Kier molecular flexibility index (Phi) is 5.71. The summed E-state index contributed by atoms with van der Waals surface area (Å²) in [6, 6.07) is 7.90. The molecule has 1 aliphatic heterocycles. The first kappa shape index (κ1) is 18.8. The Morgan fingerprint density at radius 1 is 1.22 bits per heavy atom. The number of fused-ring (bicyclic) bond motifs is 1. The van der Waals surface area contributed by atoms with Gasteiger partial charge in [0, 0.05) is 17.3 Å². The number of carbonyl (C=O) groups excluding carboxylic acids is 3. The van der Waals surface area contributed by atoms with Crippen molar-refractivity contribution in [3.8, 4) is 11.5 Å². The summed E-state index contributed by atoms with van der Waals surface area (Å²) in [6.07, 6.45) is 1.34. The molecule has 0 saturated carbocycles. The van der Waals surface area contributed by atoms with E-state index < -0.39 is 23.5 Å². The number of aromatic nitrogens is 1. The van der Waals surface area contributed by atoms with Crippen LogP contribution in [0.5, 0.6) is 11.5 Å². The van der Waals surface area contributed by atoms with E-state index in [2.05, 4.69) is 4.98 Å². The maximum atomic E-state index is 12.9. The van der Waals surface area contributed by atoms with Crippen molar-refractivity contribution in [3.63, 3.8) is 0 Å². The largest absolute Gasteiger partial charge is 0.460 e. The molecule has 0 saturated heterocycles. The molecule has 1 unspecified atom stereocenters. The summed E-state index contributed by atoms with van der Waals surface area (Å²) >= 11 is 6.26. The Labute approximate surface area is 160 Å². The number of rotatable bonds is 7. The molecule has 1 atom stereocenters. The predicted octanol–water partition coefficient (Wildman–Crippen LogP) is 2.64. The van der Waals surface area contributed by atoms with E-state index in [0.29, 0.717) is 22.1 Å². The second-order valence-electron chi connectivity index (χ2n) is 5.72. The van der Waals surface area contributed by atoms with E-state index >= 15 is 0 Å². The number of hydrogen-bond donors (Lipinski definition) is 0. The highest BCUT2D eigenvalue weighted by Crippen LogP contribution is 2.37. The number of nitrogens with zero attached hydrogens (tertiary/aromatic N) is 1. The molecule has 0 aliphatic carbocycles. The van der Waals surface area contributed by atoms with E-state index in [4.69, 9.17) is 25.8 Å². The summed E-state index contributed by atoms with van der Waals surface area (Å²) in [4.78, 5) is 41.4. The van der Waals surface area contributed by atoms with Gasteiger partial charge in [0.15, 0.2) is 17.3 Å². The molecule has 0 N–H and O–H groups in total. The van der Waals surface area contributed by atoms with Gasteiger partial charge < -0.3 is 14.2 Å². The summed E-state index contributed by atoms with van der Waals surface area (Å²) in [6.45, 7) is 1.67. The molecule has 2 heterocycles. The summed E-state index contributed by atoms with van der Waals surface area (Å²) in [5.74, 6) is -2.96. The smallest absolute Gasteiger partial charge is 0.375 e. The van der Waals surface area contributed by atoms with Crippen LogP contribution in [-0.4, -0.2) is 35.9 Å². The summed E-state index contributed by atoms with van der Waals surface area (Å²) in [5.41, 5.74) is 0.560. The van der Waals surface area contributed by atoms with E-state index in [-0.39, 0.29) is 25.5 Å². The average molecular weight is 390 g/mol.